The highest BCUT2D eigenvalue weighted by Gasteiger charge is 2.32. The highest BCUT2D eigenvalue weighted by molar-refractivity contribution is 6.01. The number of nitrogens with zero attached hydrogens (tertiary/aromatic N) is 2. The van der Waals surface area contributed by atoms with Gasteiger partial charge in [0.05, 0.1) is 0 Å². The van der Waals surface area contributed by atoms with E-state index in [0.29, 0.717) is 6.04 Å². The summed E-state index contributed by atoms with van der Waals surface area (Å²) in [5.74, 6) is 0.0104. The Hall–Kier alpha value is -1.61. The van der Waals surface area contributed by atoms with Crippen LogP contribution in [0, 0.1) is 0 Å². The lowest BCUT2D eigenvalue weighted by Gasteiger charge is -2.25. The Bertz CT molecular complexity index is 483. The zero-order valence-electron chi connectivity index (χ0n) is 10.5. The van der Waals surface area contributed by atoms with E-state index in [1.165, 1.54) is 24.5 Å². The van der Waals surface area contributed by atoms with Crippen molar-refractivity contribution < 1.29 is 4.79 Å². The average Bonchev–Trinajstić information content (AvgIpc) is 2.77. The number of para-hydroxylation sites is 1. The Morgan fingerprint density at radius 2 is 2.22 bits per heavy atom. The maximum atomic E-state index is 12.1. The summed E-state index contributed by atoms with van der Waals surface area (Å²) in [6, 6.07) is 8.71. The topological polar surface area (TPSA) is 23.6 Å². The minimum absolute atomic E-state index is 0.0104. The molecule has 2 aliphatic rings. The van der Waals surface area contributed by atoms with E-state index in [-0.39, 0.29) is 5.91 Å². The van der Waals surface area contributed by atoms with Crippen molar-refractivity contribution in [2.45, 2.75) is 25.4 Å². The summed E-state index contributed by atoms with van der Waals surface area (Å²) in [5.41, 5.74) is 2.30. The first-order chi connectivity index (χ1) is 8.79. The average molecular weight is 242 g/mol. The first-order valence-corrected chi connectivity index (χ1v) is 6.55. The fraction of sp³-hybridized carbons (Fsp3) is 0.400. The number of anilines is 1. The van der Waals surface area contributed by atoms with Crippen LogP contribution in [0.2, 0.25) is 0 Å². The molecule has 3 heteroatoms. The molecule has 0 radical (unpaired) electrons. The lowest BCUT2D eigenvalue weighted by atomic mass is 10.1. The Labute approximate surface area is 108 Å². The van der Waals surface area contributed by atoms with Gasteiger partial charge < -0.3 is 4.90 Å². The highest BCUT2D eigenvalue weighted by Crippen LogP contribution is 2.31. The molecule has 1 fully saturated rings. The van der Waals surface area contributed by atoms with Gasteiger partial charge in [-0.25, -0.2) is 0 Å². The molecule has 0 saturated carbocycles. The van der Waals surface area contributed by atoms with Gasteiger partial charge in [0, 0.05) is 24.8 Å². The lowest BCUT2D eigenvalue weighted by molar-refractivity contribution is -0.114. The van der Waals surface area contributed by atoms with Crippen LogP contribution < -0.4 is 4.90 Å². The van der Waals surface area contributed by atoms with Crippen molar-refractivity contribution >= 4 is 11.6 Å². The predicted octanol–water partition coefficient (Wildman–Crippen LogP) is 2.18. The molecule has 1 atom stereocenters. The Kier molecular flexibility index (Phi) is 2.92. The summed E-state index contributed by atoms with van der Waals surface area (Å²) in [4.78, 5) is 16.4. The quantitative estimate of drug-likeness (QED) is 0.705. The molecule has 1 unspecified atom stereocenters. The number of hydrogen-bond acceptors (Lipinski definition) is 2. The van der Waals surface area contributed by atoms with Gasteiger partial charge in [-0.05, 0) is 37.1 Å². The third kappa shape index (κ3) is 1.85. The number of hydrogen-bond donors (Lipinski definition) is 0. The van der Waals surface area contributed by atoms with Gasteiger partial charge in [0.1, 0.15) is 0 Å². The van der Waals surface area contributed by atoms with Crippen LogP contribution in [0.25, 0.3) is 0 Å². The van der Waals surface area contributed by atoms with Crippen LogP contribution in [-0.4, -0.2) is 29.9 Å². The van der Waals surface area contributed by atoms with E-state index < -0.39 is 0 Å². The second-order valence-corrected chi connectivity index (χ2v) is 5.05. The fourth-order valence-corrected chi connectivity index (χ4v) is 3.06. The van der Waals surface area contributed by atoms with Gasteiger partial charge in [0.15, 0.2) is 0 Å². The third-order valence-corrected chi connectivity index (χ3v) is 3.99. The molecular weight excluding hydrogens is 224 g/mol. The monoisotopic (exact) mass is 242 g/mol. The smallest absolute Gasteiger partial charge is 0.250 e. The molecule has 3 rings (SSSR count). The zero-order valence-corrected chi connectivity index (χ0v) is 10.5. The molecule has 0 spiro atoms. The second kappa shape index (κ2) is 4.58. The highest BCUT2D eigenvalue weighted by atomic mass is 16.2. The van der Waals surface area contributed by atoms with E-state index in [1.54, 1.807) is 0 Å². The molecule has 0 aromatic heterocycles. The molecular formula is C15H18N2O. The summed E-state index contributed by atoms with van der Waals surface area (Å²) < 4.78 is 0. The zero-order chi connectivity index (χ0) is 12.5. The molecule has 1 aromatic rings. The first-order valence-electron chi connectivity index (χ1n) is 6.55. The van der Waals surface area contributed by atoms with Gasteiger partial charge in [0.2, 0.25) is 5.91 Å². The Morgan fingerprint density at radius 1 is 1.39 bits per heavy atom. The van der Waals surface area contributed by atoms with Gasteiger partial charge in [-0.3, -0.25) is 9.69 Å². The largest absolute Gasteiger partial charge is 0.307 e. The number of carbonyl (C=O) groups excluding carboxylic acids is 1. The molecule has 1 saturated heterocycles. The molecule has 0 bridgehead atoms. The number of fused-ring (bicyclic) bond motifs is 2. The summed E-state index contributed by atoms with van der Waals surface area (Å²) in [6.07, 6.45) is 3.85. The molecule has 3 nitrogen and oxygen atoms in total. The van der Waals surface area contributed by atoms with Crippen LogP contribution in [-0.2, 0) is 11.3 Å². The minimum Gasteiger partial charge on any atom is -0.307 e. The van der Waals surface area contributed by atoms with Crippen molar-refractivity contribution in [2.24, 2.45) is 0 Å². The number of rotatable bonds is 1. The van der Waals surface area contributed by atoms with Crippen molar-refractivity contribution in [3.63, 3.8) is 0 Å². The van der Waals surface area contributed by atoms with Gasteiger partial charge in [0.25, 0.3) is 0 Å². The van der Waals surface area contributed by atoms with Crippen LogP contribution in [0.3, 0.4) is 0 Å². The van der Waals surface area contributed by atoms with E-state index in [1.807, 2.05) is 23.1 Å². The van der Waals surface area contributed by atoms with Crippen LogP contribution in [0.15, 0.2) is 36.9 Å². The molecule has 94 valence electrons. The van der Waals surface area contributed by atoms with Crippen molar-refractivity contribution in [1.82, 2.24) is 4.90 Å². The van der Waals surface area contributed by atoms with E-state index in [4.69, 9.17) is 0 Å². The van der Waals surface area contributed by atoms with Gasteiger partial charge >= 0.3 is 0 Å². The predicted molar refractivity (Wildman–Crippen MR) is 72.4 cm³/mol. The first kappa shape index (κ1) is 11.5. The van der Waals surface area contributed by atoms with E-state index in [2.05, 4.69) is 17.5 Å². The molecule has 1 aromatic carbocycles. The van der Waals surface area contributed by atoms with Crippen molar-refractivity contribution in [3.05, 3.63) is 42.5 Å². The Morgan fingerprint density at radius 3 is 3.06 bits per heavy atom. The van der Waals surface area contributed by atoms with Crippen LogP contribution in [0.1, 0.15) is 18.4 Å². The molecule has 0 aliphatic carbocycles. The summed E-state index contributed by atoms with van der Waals surface area (Å²) >= 11 is 0. The van der Waals surface area contributed by atoms with Crippen LogP contribution in [0.5, 0.6) is 0 Å². The maximum Gasteiger partial charge on any atom is 0.250 e. The number of benzene rings is 1. The summed E-state index contributed by atoms with van der Waals surface area (Å²) in [7, 11) is 0. The van der Waals surface area contributed by atoms with Gasteiger partial charge in [-0.15, -0.1) is 0 Å². The van der Waals surface area contributed by atoms with Gasteiger partial charge in [-0.2, -0.15) is 0 Å². The van der Waals surface area contributed by atoms with Gasteiger partial charge in [-0.1, -0.05) is 24.8 Å². The molecule has 2 aliphatic heterocycles. The Balaban J connectivity index is 2.02. The van der Waals surface area contributed by atoms with E-state index in [0.717, 1.165) is 25.3 Å². The molecule has 0 N–H and O–H groups in total. The standard InChI is InChI=1S/C15H18N2O/c1-2-15(18)17-11-13-7-5-9-16(13)10-12-6-3-4-8-14(12)17/h2-4,6,8,13H,1,5,7,9-11H2. The van der Waals surface area contributed by atoms with E-state index in [9.17, 15) is 4.79 Å². The molecule has 1 amide bonds. The molecule has 18 heavy (non-hydrogen) atoms. The fourth-order valence-electron chi connectivity index (χ4n) is 3.06. The normalized spacial score (nSPS) is 23.1. The number of amides is 1. The minimum atomic E-state index is 0.0104. The van der Waals surface area contributed by atoms with E-state index >= 15 is 0 Å². The third-order valence-electron chi connectivity index (χ3n) is 3.99. The summed E-state index contributed by atoms with van der Waals surface area (Å²) in [6.45, 7) is 6.52. The summed E-state index contributed by atoms with van der Waals surface area (Å²) in [5, 5.41) is 0. The maximum absolute atomic E-state index is 12.1. The number of carbonyl (C=O) groups is 1. The lowest BCUT2D eigenvalue weighted by Crippen LogP contribution is -2.39. The van der Waals surface area contributed by atoms with Crippen molar-refractivity contribution in [2.75, 3.05) is 18.0 Å². The van der Waals surface area contributed by atoms with Crippen LogP contribution >= 0.6 is 0 Å². The van der Waals surface area contributed by atoms with Crippen molar-refractivity contribution in [1.29, 1.82) is 0 Å². The molecule has 2 heterocycles. The SMILES string of the molecule is C=CC(=O)N1CC2CCCN2Cc2ccccc21. The van der Waals surface area contributed by atoms with Crippen molar-refractivity contribution in [3.8, 4) is 0 Å². The second-order valence-electron chi connectivity index (χ2n) is 5.05. The van der Waals surface area contributed by atoms with Crippen LogP contribution in [0.4, 0.5) is 5.69 Å².